The fraction of sp³-hybridized carbons (Fsp3) is 0.0714. The van der Waals surface area contributed by atoms with Crippen LogP contribution in [-0.2, 0) is 10.4 Å². The first-order chi connectivity index (χ1) is 10.1. The first-order valence-electron chi connectivity index (χ1n) is 5.98. The fourth-order valence-electron chi connectivity index (χ4n) is 1.93. The number of rotatable bonds is 0. The van der Waals surface area contributed by atoms with Crippen LogP contribution in [0.2, 0.25) is 0 Å². The summed E-state index contributed by atoms with van der Waals surface area (Å²) < 4.78 is 38.2. The molecule has 3 rings (SSSR count). The Hall–Kier alpha value is -1.74. The van der Waals surface area contributed by atoms with Gasteiger partial charge in [0.2, 0.25) is 5.43 Å². The third-order valence-electron chi connectivity index (χ3n) is 2.79. The van der Waals surface area contributed by atoms with Crippen LogP contribution in [0.5, 0.6) is 0 Å². The van der Waals surface area contributed by atoms with Crippen LogP contribution >= 0.6 is 15.9 Å². The van der Waals surface area contributed by atoms with Gasteiger partial charge in [-0.15, -0.1) is 0 Å². The molecule has 0 unspecified atom stereocenters. The summed E-state index contributed by atoms with van der Waals surface area (Å²) >= 11 is 3.36. The summed E-state index contributed by atoms with van der Waals surface area (Å²) in [7, 11) is -4.67. The molecule has 0 amide bonds. The smallest absolute Gasteiger partial charge is 0.394 e. The van der Waals surface area contributed by atoms with E-state index in [1.54, 1.807) is 6.07 Å². The number of fused-ring (bicyclic) bond motifs is 2. The largest absolute Gasteiger partial charge is 0.456 e. The summed E-state index contributed by atoms with van der Waals surface area (Å²) in [6, 6.07) is 11.1. The first-order valence-corrected chi connectivity index (χ1v) is 8.17. The maximum atomic E-state index is 12.3. The van der Waals surface area contributed by atoms with E-state index in [-0.39, 0.29) is 5.43 Å². The van der Waals surface area contributed by atoms with Gasteiger partial charge in [-0.25, -0.2) is 0 Å². The lowest BCUT2D eigenvalue weighted by molar-refractivity contribution is 0.381. The molecule has 0 saturated heterocycles. The summed E-state index contributed by atoms with van der Waals surface area (Å²) in [4.78, 5) is 12.3. The second kappa shape index (κ2) is 6.17. The van der Waals surface area contributed by atoms with Gasteiger partial charge in [0.05, 0.1) is 10.8 Å². The van der Waals surface area contributed by atoms with Gasteiger partial charge in [0.25, 0.3) is 0 Å². The molecule has 0 saturated carbocycles. The van der Waals surface area contributed by atoms with Crippen molar-refractivity contribution in [2.75, 3.05) is 0 Å². The van der Waals surface area contributed by atoms with Gasteiger partial charge < -0.3 is 4.42 Å². The first kappa shape index (κ1) is 16.6. The minimum absolute atomic E-state index is 0.0163. The molecule has 2 aromatic carbocycles. The van der Waals surface area contributed by atoms with Crippen molar-refractivity contribution >= 4 is 48.3 Å². The quantitative estimate of drug-likeness (QED) is 0.453. The SMILES string of the molecule is Cc1ccc2c(=O)c3cc(Br)ccc3oc2c1.O=S(=O)(O)O. The summed E-state index contributed by atoms with van der Waals surface area (Å²) in [5.74, 6) is 0. The van der Waals surface area contributed by atoms with Gasteiger partial charge in [-0.3, -0.25) is 13.9 Å². The van der Waals surface area contributed by atoms with Gasteiger partial charge in [0.15, 0.2) is 0 Å². The zero-order valence-corrected chi connectivity index (χ0v) is 13.7. The van der Waals surface area contributed by atoms with Crippen LogP contribution in [-0.4, -0.2) is 17.5 Å². The number of hydrogen-bond donors (Lipinski definition) is 2. The molecule has 2 N–H and O–H groups in total. The Morgan fingerprint density at radius 3 is 2.27 bits per heavy atom. The average Bonchev–Trinajstić information content (AvgIpc) is 2.38. The lowest BCUT2D eigenvalue weighted by Crippen LogP contribution is -2.01. The topological polar surface area (TPSA) is 105 Å². The molecule has 0 aliphatic carbocycles. The maximum Gasteiger partial charge on any atom is 0.394 e. The van der Waals surface area contributed by atoms with Crippen molar-refractivity contribution in [1.82, 2.24) is 0 Å². The zero-order valence-electron chi connectivity index (χ0n) is 11.3. The van der Waals surface area contributed by atoms with Crippen LogP contribution in [0.15, 0.2) is 50.1 Å². The molecule has 6 nitrogen and oxygen atoms in total. The highest BCUT2D eigenvalue weighted by atomic mass is 79.9. The number of halogens is 1. The molecule has 0 spiro atoms. The van der Waals surface area contributed by atoms with Crippen LogP contribution in [0.1, 0.15) is 5.56 Å². The van der Waals surface area contributed by atoms with E-state index in [0.29, 0.717) is 21.9 Å². The molecule has 116 valence electrons. The third kappa shape index (κ3) is 4.14. The molecule has 1 aromatic heterocycles. The standard InChI is InChI=1S/C14H9BrO2.H2O4S/c1-8-2-4-10-13(6-8)17-12-5-3-9(15)7-11(12)14(10)16;1-5(2,3)4/h2-7H,1H3;(H2,1,2,3,4). The van der Waals surface area contributed by atoms with E-state index in [0.717, 1.165) is 10.0 Å². The number of benzene rings is 2. The van der Waals surface area contributed by atoms with Crippen molar-refractivity contribution in [2.24, 2.45) is 0 Å². The normalized spacial score (nSPS) is 11.3. The van der Waals surface area contributed by atoms with E-state index < -0.39 is 10.4 Å². The van der Waals surface area contributed by atoms with Crippen molar-refractivity contribution in [3.05, 3.63) is 56.7 Å². The molecule has 0 aliphatic heterocycles. The summed E-state index contributed by atoms with van der Waals surface area (Å²) in [5.41, 5.74) is 2.36. The van der Waals surface area contributed by atoms with E-state index in [2.05, 4.69) is 15.9 Å². The van der Waals surface area contributed by atoms with Crippen LogP contribution in [0.3, 0.4) is 0 Å². The Bertz CT molecular complexity index is 999. The molecule has 3 aromatic rings. The Kier molecular flexibility index (Phi) is 4.66. The summed E-state index contributed by atoms with van der Waals surface area (Å²) in [6.07, 6.45) is 0. The fourth-order valence-corrected chi connectivity index (χ4v) is 2.29. The molecule has 0 bridgehead atoms. The van der Waals surface area contributed by atoms with Crippen molar-refractivity contribution in [2.45, 2.75) is 6.92 Å². The lowest BCUT2D eigenvalue weighted by atomic mass is 10.1. The molecule has 0 radical (unpaired) electrons. The van der Waals surface area contributed by atoms with Crippen LogP contribution < -0.4 is 5.43 Å². The van der Waals surface area contributed by atoms with E-state index in [1.807, 2.05) is 37.3 Å². The summed E-state index contributed by atoms with van der Waals surface area (Å²) in [5, 5.41) is 1.23. The predicted octanol–water partition coefficient (Wildman–Crippen LogP) is 3.36. The number of hydrogen-bond acceptors (Lipinski definition) is 4. The minimum atomic E-state index is -4.67. The van der Waals surface area contributed by atoms with Crippen LogP contribution in [0.25, 0.3) is 21.9 Å². The molecule has 0 aliphatic rings. The highest BCUT2D eigenvalue weighted by Gasteiger charge is 2.07. The third-order valence-corrected chi connectivity index (χ3v) is 3.28. The van der Waals surface area contributed by atoms with E-state index >= 15 is 0 Å². The average molecular weight is 387 g/mol. The highest BCUT2D eigenvalue weighted by molar-refractivity contribution is 9.10. The Morgan fingerprint density at radius 2 is 1.64 bits per heavy atom. The second-order valence-electron chi connectivity index (χ2n) is 4.52. The van der Waals surface area contributed by atoms with Crippen molar-refractivity contribution in [1.29, 1.82) is 0 Å². The minimum Gasteiger partial charge on any atom is -0.456 e. The molecule has 22 heavy (non-hydrogen) atoms. The van der Waals surface area contributed by atoms with Crippen LogP contribution in [0, 0.1) is 6.92 Å². The van der Waals surface area contributed by atoms with Gasteiger partial charge in [0.1, 0.15) is 11.2 Å². The van der Waals surface area contributed by atoms with Gasteiger partial charge in [0, 0.05) is 4.47 Å². The predicted molar refractivity (Wildman–Crippen MR) is 86.6 cm³/mol. The van der Waals surface area contributed by atoms with Gasteiger partial charge >= 0.3 is 10.4 Å². The van der Waals surface area contributed by atoms with Crippen LogP contribution in [0.4, 0.5) is 0 Å². The molecule has 8 heteroatoms. The maximum absolute atomic E-state index is 12.3. The van der Waals surface area contributed by atoms with E-state index in [4.69, 9.17) is 21.9 Å². The Morgan fingerprint density at radius 1 is 1.00 bits per heavy atom. The molecular formula is C14H11BrO6S. The lowest BCUT2D eigenvalue weighted by Gasteiger charge is -2.02. The van der Waals surface area contributed by atoms with E-state index in [9.17, 15) is 4.79 Å². The van der Waals surface area contributed by atoms with Gasteiger partial charge in [-0.05, 0) is 42.8 Å². The van der Waals surface area contributed by atoms with Gasteiger partial charge in [-0.2, -0.15) is 8.42 Å². The molecular weight excluding hydrogens is 376 g/mol. The molecule has 0 atom stereocenters. The highest BCUT2D eigenvalue weighted by Crippen LogP contribution is 2.22. The number of aryl methyl sites for hydroxylation is 1. The Balaban J connectivity index is 0.000000309. The van der Waals surface area contributed by atoms with Crippen molar-refractivity contribution in [3.8, 4) is 0 Å². The van der Waals surface area contributed by atoms with Crippen molar-refractivity contribution in [3.63, 3.8) is 0 Å². The zero-order chi connectivity index (χ0) is 16.5. The van der Waals surface area contributed by atoms with Crippen molar-refractivity contribution < 1.29 is 21.9 Å². The Labute approximate surface area is 134 Å². The molecule has 0 fully saturated rings. The monoisotopic (exact) mass is 386 g/mol. The molecule has 1 heterocycles. The van der Waals surface area contributed by atoms with Gasteiger partial charge in [-0.1, -0.05) is 22.0 Å². The summed E-state index contributed by atoms with van der Waals surface area (Å²) in [6.45, 7) is 1.98. The van der Waals surface area contributed by atoms with E-state index in [1.165, 1.54) is 0 Å². The second-order valence-corrected chi connectivity index (χ2v) is 6.33.